The number of hydrogen-bond donors (Lipinski definition) is 2. The molecule has 1 aliphatic heterocycles. The van der Waals surface area contributed by atoms with Crippen molar-refractivity contribution in [2.75, 3.05) is 17.7 Å². The van der Waals surface area contributed by atoms with Gasteiger partial charge in [-0.15, -0.1) is 0 Å². The van der Waals surface area contributed by atoms with Crippen LogP contribution in [0.1, 0.15) is 29.7 Å². The average Bonchev–Trinajstić information content (AvgIpc) is 3.17. The molecule has 1 amide bonds. The third-order valence-corrected chi connectivity index (χ3v) is 6.12. The molecule has 0 unspecified atom stereocenters. The van der Waals surface area contributed by atoms with E-state index in [4.69, 9.17) is 9.72 Å². The summed E-state index contributed by atoms with van der Waals surface area (Å²) in [6.07, 6.45) is 0. The molecule has 0 bridgehead atoms. The number of methoxy groups -OCH3 is 1. The fourth-order valence-corrected chi connectivity index (χ4v) is 4.53. The highest BCUT2D eigenvalue weighted by Gasteiger charge is 2.34. The van der Waals surface area contributed by atoms with E-state index in [1.165, 1.54) is 0 Å². The Morgan fingerprint density at radius 1 is 1.03 bits per heavy atom. The van der Waals surface area contributed by atoms with E-state index in [0.29, 0.717) is 11.5 Å². The molecular weight excluding hydrogens is 412 g/mol. The number of carbonyl (C=O) groups is 1. The number of anilines is 2. The Bertz CT molecular complexity index is 1420. The van der Waals surface area contributed by atoms with Crippen molar-refractivity contribution in [3.05, 3.63) is 94.7 Å². The topological polar surface area (TPSA) is 68.2 Å². The highest BCUT2D eigenvalue weighted by atomic mass is 16.5. The molecule has 0 fully saturated rings. The summed E-state index contributed by atoms with van der Waals surface area (Å²) in [6.45, 7) is 5.97. The molecule has 0 saturated carbocycles. The number of allylic oxidation sites excluding steroid dienone is 1. The van der Waals surface area contributed by atoms with Crippen molar-refractivity contribution in [1.82, 2.24) is 9.55 Å². The van der Waals surface area contributed by atoms with E-state index in [1.807, 2.05) is 81.4 Å². The summed E-state index contributed by atoms with van der Waals surface area (Å²) in [4.78, 5) is 18.5. The number of para-hydroxylation sites is 2. The van der Waals surface area contributed by atoms with Crippen molar-refractivity contribution in [3.63, 3.8) is 0 Å². The van der Waals surface area contributed by atoms with E-state index in [-0.39, 0.29) is 11.9 Å². The number of nitrogens with one attached hydrogen (secondary N) is 2. The molecule has 1 atom stereocenters. The predicted molar refractivity (Wildman–Crippen MR) is 132 cm³/mol. The summed E-state index contributed by atoms with van der Waals surface area (Å²) in [5, 5.41) is 6.49. The minimum Gasteiger partial charge on any atom is -0.497 e. The third kappa shape index (κ3) is 3.63. The van der Waals surface area contributed by atoms with E-state index < -0.39 is 0 Å². The lowest BCUT2D eigenvalue weighted by Crippen LogP contribution is -2.31. The Hall–Kier alpha value is -4.06. The molecule has 1 aliphatic rings. The van der Waals surface area contributed by atoms with E-state index >= 15 is 0 Å². The van der Waals surface area contributed by atoms with E-state index in [2.05, 4.69) is 21.3 Å². The summed E-state index contributed by atoms with van der Waals surface area (Å²) in [5.74, 6) is 1.30. The average molecular weight is 439 g/mol. The van der Waals surface area contributed by atoms with Crippen LogP contribution in [-0.4, -0.2) is 22.6 Å². The van der Waals surface area contributed by atoms with Crippen molar-refractivity contribution < 1.29 is 9.53 Å². The van der Waals surface area contributed by atoms with Gasteiger partial charge in [0.05, 0.1) is 29.8 Å². The molecule has 6 heteroatoms. The van der Waals surface area contributed by atoms with Gasteiger partial charge in [0.1, 0.15) is 5.75 Å². The number of carbonyl (C=O) groups excluding carboxylic acids is 1. The number of amides is 1. The second-order valence-electron chi connectivity index (χ2n) is 8.41. The molecule has 2 heterocycles. The van der Waals surface area contributed by atoms with Crippen LogP contribution >= 0.6 is 0 Å². The summed E-state index contributed by atoms with van der Waals surface area (Å²) < 4.78 is 7.58. The van der Waals surface area contributed by atoms with Crippen molar-refractivity contribution in [3.8, 4) is 5.75 Å². The van der Waals surface area contributed by atoms with Gasteiger partial charge >= 0.3 is 0 Å². The van der Waals surface area contributed by atoms with Crippen LogP contribution in [0, 0.1) is 13.8 Å². The first-order valence-corrected chi connectivity index (χ1v) is 10.9. The normalized spacial score (nSPS) is 15.2. The number of benzene rings is 3. The number of hydrogen-bond acceptors (Lipinski definition) is 4. The Morgan fingerprint density at radius 2 is 1.85 bits per heavy atom. The van der Waals surface area contributed by atoms with Crippen LogP contribution in [0.15, 0.2) is 78.0 Å². The predicted octanol–water partition coefficient (Wildman–Crippen LogP) is 5.59. The Morgan fingerprint density at radius 3 is 2.64 bits per heavy atom. The third-order valence-electron chi connectivity index (χ3n) is 6.12. The molecule has 0 radical (unpaired) electrons. The first-order chi connectivity index (χ1) is 16.0. The van der Waals surface area contributed by atoms with Crippen molar-refractivity contribution in [2.45, 2.75) is 26.8 Å². The zero-order valence-corrected chi connectivity index (χ0v) is 19.1. The van der Waals surface area contributed by atoms with E-state index in [9.17, 15) is 4.79 Å². The smallest absolute Gasteiger partial charge is 0.255 e. The number of imidazole rings is 1. The summed E-state index contributed by atoms with van der Waals surface area (Å²) in [5.41, 5.74) is 7.17. The van der Waals surface area contributed by atoms with Crippen LogP contribution in [-0.2, 0) is 4.79 Å². The quantitative estimate of drug-likeness (QED) is 0.436. The lowest BCUT2D eigenvalue weighted by Gasteiger charge is -2.31. The van der Waals surface area contributed by atoms with Crippen molar-refractivity contribution in [2.24, 2.45) is 0 Å². The van der Waals surface area contributed by atoms with E-state index in [1.54, 1.807) is 7.11 Å². The fourth-order valence-electron chi connectivity index (χ4n) is 4.53. The lowest BCUT2D eigenvalue weighted by molar-refractivity contribution is -0.113. The van der Waals surface area contributed by atoms with Gasteiger partial charge in [-0.3, -0.25) is 9.36 Å². The largest absolute Gasteiger partial charge is 0.497 e. The highest BCUT2D eigenvalue weighted by Crippen LogP contribution is 2.40. The fraction of sp³-hybridized carbons (Fsp3) is 0.185. The molecule has 0 saturated heterocycles. The number of aryl methyl sites for hydroxylation is 2. The van der Waals surface area contributed by atoms with Gasteiger partial charge in [0.25, 0.3) is 5.91 Å². The van der Waals surface area contributed by atoms with Crippen LogP contribution < -0.4 is 15.4 Å². The van der Waals surface area contributed by atoms with Crippen LogP contribution in [0.2, 0.25) is 0 Å². The van der Waals surface area contributed by atoms with Crippen molar-refractivity contribution >= 4 is 28.6 Å². The summed E-state index contributed by atoms with van der Waals surface area (Å²) in [7, 11) is 1.65. The summed E-state index contributed by atoms with van der Waals surface area (Å²) in [6, 6.07) is 21.5. The number of fused-ring (bicyclic) bond motifs is 3. The lowest BCUT2D eigenvalue weighted by atomic mass is 9.94. The molecule has 4 aromatic rings. The Labute approximate surface area is 192 Å². The maximum Gasteiger partial charge on any atom is 0.255 e. The second kappa shape index (κ2) is 8.13. The molecule has 0 aliphatic carbocycles. The minimum absolute atomic E-state index is 0.150. The Kier molecular flexibility index (Phi) is 5.13. The molecule has 0 spiro atoms. The van der Waals surface area contributed by atoms with Crippen LogP contribution in [0.4, 0.5) is 11.6 Å². The van der Waals surface area contributed by atoms with Gasteiger partial charge in [0.15, 0.2) is 0 Å². The standard InChI is InChI=1S/C27H26N4O2/c1-16-12-13-21(17(2)14-16)29-26(32)24-18(3)28-27-30-22-10-5-6-11-23(22)31(27)25(24)19-8-7-9-20(15-19)33-4/h5-15,25H,1-4H3,(H,28,30)(H,29,32)/t25-/m0/s1. The SMILES string of the molecule is COc1cccc([C@H]2C(C(=O)Nc3ccc(C)cc3C)=C(C)Nc3nc4ccccc4n32)c1. The maximum atomic E-state index is 13.7. The zero-order valence-electron chi connectivity index (χ0n) is 19.1. The zero-order chi connectivity index (χ0) is 23.1. The monoisotopic (exact) mass is 438 g/mol. The van der Waals surface area contributed by atoms with Gasteiger partial charge in [-0.2, -0.15) is 0 Å². The first kappa shape index (κ1) is 20.8. The molecule has 166 valence electrons. The van der Waals surface area contributed by atoms with Gasteiger partial charge in [0.2, 0.25) is 5.95 Å². The molecule has 33 heavy (non-hydrogen) atoms. The number of aromatic nitrogens is 2. The van der Waals surface area contributed by atoms with Crippen molar-refractivity contribution in [1.29, 1.82) is 0 Å². The summed E-state index contributed by atoms with van der Waals surface area (Å²) >= 11 is 0. The van der Waals surface area contributed by atoms with Gasteiger partial charge < -0.3 is 15.4 Å². The number of ether oxygens (including phenoxy) is 1. The highest BCUT2D eigenvalue weighted by molar-refractivity contribution is 6.06. The minimum atomic E-state index is -0.366. The van der Waals surface area contributed by atoms with Crippen LogP contribution in [0.25, 0.3) is 11.0 Å². The van der Waals surface area contributed by atoms with Gasteiger partial charge in [-0.25, -0.2) is 4.98 Å². The Balaban J connectivity index is 1.67. The van der Waals surface area contributed by atoms with Gasteiger partial charge in [-0.05, 0) is 62.2 Å². The molecule has 5 rings (SSSR count). The van der Waals surface area contributed by atoms with Crippen LogP contribution in [0.5, 0.6) is 5.75 Å². The molecular formula is C27H26N4O2. The maximum absolute atomic E-state index is 13.7. The number of rotatable bonds is 4. The van der Waals surface area contributed by atoms with Crippen LogP contribution in [0.3, 0.4) is 0 Å². The van der Waals surface area contributed by atoms with E-state index in [0.717, 1.165) is 44.9 Å². The first-order valence-electron chi connectivity index (χ1n) is 10.9. The molecule has 6 nitrogen and oxygen atoms in total. The second-order valence-corrected chi connectivity index (χ2v) is 8.41. The number of nitrogens with zero attached hydrogens (tertiary/aromatic N) is 2. The van der Waals surface area contributed by atoms with Gasteiger partial charge in [-0.1, -0.05) is 42.0 Å². The molecule has 2 N–H and O–H groups in total. The molecule has 1 aromatic heterocycles. The molecule has 3 aromatic carbocycles. The van der Waals surface area contributed by atoms with Gasteiger partial charge in [0, 0.05) is 11.4 Å².